The lowest BCUT2D eigenvalue weighted by Gasteiger charge is -2.27. The van der Waals surface area contributed by atoms with Gasteiger partial charge in [-0.1, -0.05) is 29.8 Å². The first kappa shape index (κ1) is 13.4. The largest absolute Gasteiger partial charge is 0.352 e. The van der Waals surface area contributed by atoms with Gasteiger partial charge in [-0.2, -0.15) is 0 Å². The predicted octanol–water partition coefficient (Wildman–Crippen LogP) is 2.34. The van der Waals surface area contributed by atoms with Crippen LogP contribution in [-0.4, -0.2) is 18.5 Å². The summed E-state index contributed by atoms with van der Waals surface area (Å²) >= 11 is 6.06. The molecule has 18 heavy (non-hydrogen) atoms. The van der Waals surface area contributed by atoms with Gasteiger partial charge >= 0.3 is 0 Å². The summed E-state index contributed by atoms with van der Waals surface area (Å²) in [6, 6.07) is 8.03. The number of piperidine rings is 1. The fourth-order valence-corrected chi connectivity index (χ4v) is 2.54. The molecule has 2 rings (SSSR count). The SMILES string of the molecule is C[C@H]1C[C@@H](C(=O)NCc2ccccc2Cl)CCN1. The number of carbonyl (C=O) groups excluding carboxylic acids is 1. The number of nitrogens with one attached hydrogen (secondary N) is 2. The lowest BCUT2D eigenvalue weighted by molar-refractivity contribution is -0.126. The van der Waals surface area contributed by atoms with Gasteiger partial charge in [0, 0.05) is 23.5 Å². The quantitative estimate of drug-likeness (QED) is 0.882. The molecule has 1 saturated heterocycles. The van der Waals surface area contributed by atoms with Crippen LogP contribution in [-0.2, 0) is 11.3 Å². The molecule has 1 heterocycles. The van der Waals surface area contributed by atoms with E-state index in [-0.39, 0.29) is 11.8 Å². The van der Waals surface area contributed by atoms with Crippen LogP contribution in [0.4, 0.5) is 0 Å². The van der Waals surface area contributed by atoms with Crippen molar-refractivity contribution in [2.24, 2.45) is 5.92 Å². The van der Waals surface area contributed by atoms with Crippen LogP contribution in [0.5, 0.6) is 0 Å². The Hall–Kier alpha value is -1.06. The third kappa shape index (κ3) is 3.47. The lowest BCUT2D eigenvalue weighted by atomic mass is 9.92. The van der Waals surface area contributed by atoms with Crippen molar-refractivity contribution in [1.29, 1.82) is 0 Å². The van der Waals surface area contributed by atoms with Crippen LogP contribution < -0.4 is 10.6 Å². The highest BCUT2D eigenvalue weighted by molar-refractivity contribution is 6.31. The van der Waals surface area contributed by atoms with Crippen molar-refractivity contribution in [1.82, 2.24) is 10.6 Å². The summed E-state index contributed by atoms with van der Waals surface area (Å²) in [5, 5.41) is 7.03. The summed E-state index contributed by atoms with van der Waals surface area (Å²) in [7, 11) is 0. The molecule has 0 unspecified atom stereocenters. The first-order chi connectivity index (χ1) is 8.66. The van der Waals surface area contributed by atoms with Gasteiger partial charge in [0.25, 0.3) is 0 Å². The maximum absolute atomic E-state index is 12.0. The summed E-state index contributed by atoms with van der Waals surface area (Å²) in [6.45, 7) is 3.55. The second kappa shape index (κ2) is 6.21. The maximum atomic E-state index is 12.0. The average molecular weight is 267 g/mol. The molecule has 2 N–H and O–H groups in total. The molecule has 0 aromatic heterocycles. The van der Waals surface area contributed by atoms with E-state index in [0.29, 0.717) is 17.6 Å². The minimum absolute atomic E-state index is 0.128. The number of halogens is 1. The van der Waals surface area contributed by atoms with Gasteiger partial charge in [-0.15, -0.1) is 0 Å². The summed E-state index contributed by atoms with van der Waals surface area (Å²) in [5.41, 5.74) is 0.967. The van der Waals surface area contributed by atoms with Gasteiger partial charge in [-0.3, -0.25) is 4.79 Å². The Kier molecular flexibility index (Phi) is 4.61. The first-order valence-electron chi connectivity index (χ1n) is 6.41. The van der Waals surface area contributed by atoms with Crippen molar-refractivity contribution in [2.45, 2.75) is 32.4 Å². The van der Waals surface area contributed by atoms with Crippen LogP contribution in [0.15, 0.2) is 24.3 Å². The molecule has 1 amide bonds. The van der Waals surface area contributed by atoms with Gasteiger partial charge in [0.1, 0.15) is 0 Å². The highest BCUT2D eigenvalue weighted by atomic mass is 35.5. The van der Waals surface area contributed by atoms with E-state index in [4.69, 9.17) is 11.6 Å². The molecule has 98 valence electrons. The van der Waals surface area contributed by atoms with Crippen molar-refractivity contribution in [2.75, 3.05) is 6.54 Å². The van der Waals surface area contributed by atoms with E-state index >= 15 is 0 Å². The van der Waals surface area contributed by atoms with Crippen LogP contribution in [0.3, 0.4) is 0 Å². The van der Waals surface area contributed by atoms with E-state index < -0.39 is 0 Å². The van der Waals surface area contributed by atoms with Gasteiger partial charge in [0.15, 0.2) is 0 Å². The third-order valence-electron chi connectivity index (χ3n) is 3.41. The molecule has 3 nitrogen and oxygen atoms in total. The van der Waals surface area contributed by atoms with Crippen LogP contribution in [0.25, 0.3) is 0 Å². The van der Waals surface area contributed by atoms with Gasteiger partial charge in [-0.05, 0) is 37.9 Å². The van der Waals surface area contributed by atoms with Crippen LogP contribution in [0.2, 0.25) is 5.02 Å². The van der Waals surface area contributed by atoms with E-state index in [1.54, 1.807) is 0 Å². The zero-order chi connectivity index (χ0) is 13.0. The molecule has 1 fully saturated rings. The predicted molar refractivity (Wildman–Crippen MR) is 73.5 cm³/mol. The highest BCUT2D eigenvalue weighted by Crippen LogP contribution is 2.18. The van der Waals surface area contributed by atoms with Crippen molar-refractivity contribution < 1.29 is 4.79 Å². The van der Waals surface area contributed by atoms with E-state index in [1.165, 1.54) is 0 Å². The number of hydrogen-bond acceptors (Lipinski definition) is 2. The Balaban J connectivity index is 1.86. The van der Waals surface area contributed by atoms with Crippen LogP contribution >= 0.6 is 11.6 Å². The van der Waals surface area contributed by atoms with Gasteiger partial charge in [-0.25, -0.2) is 0 Å². The van der Waals surface area contributed by atoms with Crippen molar-refractivity contribution >= 4 is 17.5 Å². The number of hydrogen-bond donors (Lipinski definition) is 2. The third-order valence-corrected chi connectivity index (χ3v) is 3.77. The summed E-state index contributed by atoms with van der Waals surface area (Å²) in [4.78, 5) is 12.0. The topological polar surface area (TPSA) is 41.1 Å². The zero-order valence-corrected chi connectivity index (χ0v) is 11.3. The molecule has 4 heteroatoms. The summed E-state index contributed by atoms with van der Waals surface area (Å²) in [6.07, 6.45) is 1.83. The summed E-state index contributed by atoms with van der Waals surface area (Å²) < 4.78 is 0. The fraction of sp³-hybridized carbons (Fsp3) is 0.500. The number of amides is 1. The van der Waals surface area contributed by atoms with Gasteiger partial charge in [0.2, 0.25) is 5.91 Å². The number of rotatable bonds is 3. The standard InChI is InChI=1S/C14H19ClN2O/c1-10-8-11(6-7-16-10)14(18)17-9-12-4-2-3-5-13(12)15/h2-5,10-11,16H,6-9H2,1H3,(H,17,18)/t10-,11-/m0/s1. The summed E-state index contributed by atoms with van der Waals surface area (Å²) in [5.74, 6) is 0.270. The molecule has 1 aromatic rings. The van der Waals surface area contributed by atoms with E-state index in [1.807, 2.05) is 24.3 Å². The molecular formula is C14H19ClN2O. The maximum Gasteiger partial charge on any atom is 0.223 e. The average Bonchev–Trinajstić information content (AvgIpc) is 2.37. The Bertz CT molecular complexity index is 422. The Morgan fingerprint density at radius 2 is 2.28 bits per heavy atom. The minimum atomic E-state index is 0.128. The van der Waals surface area contributed by atoms with Gasteiger partial charge in [0.05, 0.1) is 0 Å². The molecule has 1 aromatic carbocycles. The van der Waals surface area contributed by atoms with E-state index in [9.17, 15) is 4.79 Å². The van der Waals surface area contributed by atoms with Gasteiger partial charge < -0.3 is 10.6 Å². The minimum Gasteiger partial charge on any atom is -0.352 e. The number of carbonyl (C=O) groups is 1. The molecule has 2 atom stereocenters. The second-order valence-corrected chi connectivity index (χ2v) is 5.29. The Morgan fingerprint density at radius 3 is 3.00 bits per heavy atom. The zero-order valence-electron chi connectivity index (χ0n) is 10.6. The monoisotopic (exact) mass is 266 g/mol. The smallest absolute Gasteiger partial charge is 0.223 e. The van der Waals surface area contributed by atoms with Crippen molar-refractivity contribution in [3.63, 3.8) is 0 Å². The molecule has 1 aliphatic rings. The number of benzene rings is 1. The molecule has 0 radical (unpaired) electrons. The normalized spacial score (nSPS) is 23.7. The molecule has 1 aliphatic heterocycles. The fourth-order valence-electron chi connectivity index (χ4n) is 2.34. The van der Waals surface area contributed by atoms with Crippen LogP contribution in [0.1, 0.15) is 25.3 Å². The molecule has 0 bridgehead atoms. The van der Waals surface area contributed by atoms with E-state index in [2.05, 4.69) is 17.6 Å². The molecular weight excluding hydrogens is 248 g/mol. The molecule has 0 saturated carbocycles. The first-order valence-corrected chi connectivity index (χ1v) is 6.79. The van der Waals surface area contributed by atoms with E-state index in [0.717, 1.165) is 24.9 Å². The highest BCUT2D eigenvalue weighted by Gasteiger charge is 2.24. The second-order valence-electron chi connectivity index (χ2n) is 4.89. The molecule has 0 spiro atoms. The lowest BCUT2D eigenvalue weighted by Crippen LogP contribution is -2.42. The van der Waals surface area contributed by atoms with Crippen LogP contribution in [0, 0.1) is 5.92 Å². The molecule has 0 aliphatic carbocycles. The van der Waals surface area contributed by atoms with Crippen molar-refractivity contribution in [3.8, 4) is 0 Å². The van der Waals surface area contributed by atoms with Crippen molar-refractivity contribution in [3.05, 3.63) is 34.9 Å². The Labute approximate surface area is 113 Å². The Morgan fingerprint density at radius 1 is 1.50 bits per heavy atom.